The third-order valence-corrected chi connectivity index (χ3v) is 11.6. The fourth-order valence-electron chi connectivity index (χ4n) is 8.16. The first kappa shape index (κ1) is 42.5. The van der Waals surface area contributed by atoms with Crippen LogP contribution in [0.2, 0.25) is 0 Å². The van der Waals surface area contributed by atoms with E-state index in [2.05, 4.69) is 56.0 Å². The number of methoxy groups -OCH3 is 2. The van der Waals surface area contributed by atoms with E-state index in [0.29, 0.717) is 37.9 Å². The standard InChI is InChI=1S/C45H55N9O7/c1-9-10-17-52(42(55)38(25(2)3)50-44(57)59-7)23-33-27(6)47-40(49-33)29-14-16-34-30(19-29)20-36-31-15-13-28(21-37(31)61-24-54(34)36)32-22-46-41(48-32)35-12-11-18-53(35)43(56)39(26(4)5)51-45(58)60-8/h9,13-16,19-22,25-26,35,38-39H,1,10-12,17-18,23-24H2,2-8H3,(H,46,48)(H,47,49)(H,50,57)(H,51,58). The van der Waals surface area contributed by atoms with E-state index in [1.54, 1.807) is 22.1 Å². The highest BCUT2D eigenvalue weighted by Crippen LogP contribution is 2.41. The number of likely N-dealkylation sites (tertiary alicyclic amines) is 1. The Hall–Kier alpha value is -6.58. The Bertz CT molecular complexity index is 2450. The topological polar surface area (TPSA) is 189 Å². The maximum absolute atomic E-state index is 13.7. The molecule has 5 aromatic rings. The van der Waals surface area contributed by atoms with Crippen molar-refractivity contribution < 1.29 is 33.4 Å². The fraction of sp³-hybridized carbons (Fsp3) is 0.422. The van der Waals surface area contributed by atoms with Crippen molar-refractivity contribution in [3.8, 4) is 39.7 Å². The molecule has 16 nitrogen and oxygen atoms in total. The van der Waals surface area contributed by atoms with Crippen LogP contribution in [-0.4, -0.2) is 97.7 Å². The molecule has 5 heterocycles. The SMILES string of the molecule is C=CCCN(Cc1nc(-c2ccc3c(c2)cc2n3COc3cc(-c4cnc(C5CCCN5C(=O)C(NC(=O)OC)C(C)C)[nH]4)ccc3-2)[nH]c1C)C(=O)C(NC(=O)OC)C(C)C. The summed E-state index contributed by atoms with van der Waals surface area (Å²) < 4.78 is 18.1. The maximum atomic E-state index is 13.7. The zero-order valence-corrected chi connectivity index (χ0v) is 35.8. The molecule has 0 aliphatic carbocycles. The minimum absolute atomic E-state index is 0.123. The number of hydrogen-bond acceptors (Lipinski definition) is 9. The van der Waals surface area contributed by atoms with Crippen molar-refractivity contribution >= 4 is 34.9 Å². The second kappa shape index (κ2) is 18.0. The van der Waals surface area contributed by atoms with Gasteiger partial charge >= 0.3 is 12.2 Å². The summed E-state index contributed by atoms with van der Waals surface area (Å²) in [6, 6.07) is 12.8. The van der Waals surface area contributed by atoms with Crippen molar-refractivity contribution in [3.05, 3.63) is 78.5 Å². The van der Waals surface area contributed by atoms with Gasteiger partial charge in [-0.2, -0.15) is 0 Å². The Morgan fingerprint density at radius 3 is 2.41 bits per heavy atom. The number of amides is 4. The molecule has 2 aliphatic heterocycles. The fourth-order valence-corrected chi connectivity index (χ4v) is 8.16. The predicted molar refractivity (Wildman–Crippen MR) is 230 cm³/mol. The number of aromatic amines is 2. The minimum atomic E-state index is -0.757. The molecule has 3 aromatic heterocycles. The second-order valence-electron chi connectivity index (χ2n) is 16.3. The number of nitrogens with one attached hydrogen (secondary N) is 4. The van der Waals surface area contributed by atoms with Gasteiger partial charge in [-0.15, -0.1) is 6.58 Å². The van der Waals surface area contributed by atoms with Crippen molar-refractivity contribution in [1.29, 1.82) is 0 Å². The number of alkyl carbamates (subject to hydrolysis) is 2. The van der Waals surface area contributed by atoms with E-state index >= 15 is 0 Å². The highest BCUT2D eigenvalue weighted by Gasteiger charge is 2.38. The monoisotopic (exact) mass is 833 g/mol. The van der Waals surface area contributed by atoms with Crippen LogP contribution in [0.15, 0.2) is 61.3 Å². The summed E-state index contributed by atoms with van der Waals surface area (Å²) in [4.78, 5) is 71.5. The molecule has 1 saturated heterocycles. The number of ether oxygens (including phenoxy) is 3. The summed E-state index contributed by atoms with van der Waals surface area (Å²) in [6.45, 7) is 14.9. The molecule has 2 aromatic carbocycles. The molecule has 0 bridgehead atoms. The van der Waals surface area contributed by atoms with E-state index < -0.39 is 24.3 Å². The van der Waals surface area contributed by atoms with Gasteiger partial charge in [0, 0.05) is 40.9 Å². The van der Waals surface area contributed by atoms with Gasteiger partial charge in [0.15, 0.2) is 6.73 Å². The zero-order chi connectivity index (χ0) is 43.5. The normalized spacial score (nSPS) is 15.5. The lowest BCUT2D eigenvalue weighted by atomic mass is 10.0. The van der Waals surface area contributed by atoms with E-state index in [-0.39, 0.29) is 36.2 Å². The molecule has 7 rings (SSSR count). The number of hydrogen-bond donors (Lipinski definition) is 4. The van der Waals surface area contributed by atoms with Crippen molar-refractivity contribution in [2.45, 2.75) is 85.3 Å². The number of carbonyl (C=O) groups is 4. The number of nitrogens with zero attached hydrogens (tertiary/aromatic N) is 5. The Morgan fingerprint density at radius 2 is 1.70 bits per heavy atom. The first-order chi connectivity index (χ1) is 29.3. The molecule has 2 aliphatic rings. The van der Waals surface area contributed by atoms with Crippen molar-refractivity contribution in [3.63, 3.8) is 0 Å². The smallest absolute Gasteiger partial charge is 0.407 e. The van der Waals surface area contributed by atoms with Crippen LogP contribution >= 0.6 is 0 Å². The average Bonchev–Trinajstić information content (AvgIpc) is 4.08. The van der Waals surface area contributed by atoms with Gasteiger partial charge in [-0.3, -0.25) is 9.59 Å². The third-order valence-electron chi connectivity index (χ3n) is 11.6. The van der Waals surface area contributed by atoms with Crippen molar-refractivity contribution in [2.75, 3.05) is 27.3 Å². The van der Waals surface area contributed by atoms with Gasteiger partial charge in [0.2, 0.25) is 11.8 Å². The van der Waals surface area contributed by atoms with Gasteiger partial charge < -0.3 is 49.2 Å². The molecule has 3 unspecified atom stereocenters. The minimum Gasteiger partial charge on any atom is -0.472 e. The first-order valence-electron chi connectivity index (χ1n) is 20.7. The molecule has 16 heteroatoms. The number of aryl methyl sites for hydroxylation is 1. The number of aromatic nitrogens is 5. The van der Waals surface area contributed by atoms with Crippen molar-refractivity contribution in [1.82, 2.24) is 44.9 Å². The van der Waals surface area contributed by atoms with Crippen LogP contribution in [-0.2, 0) is 32.3 Å². The van der Waals surface area contributed by atoms with Gasteiger partial charge in [-0.25, -0.2) is 19.6 Å². The number of carbonyl (C=O) groups excluding carboxylic acids is 4. The molecular weight excluding hydrogens is 779 g/mol. The van der Waals surface area contributed by atoms with E-state index in [0.717, 1.165) is 69.0 Å². The number of H-pyrrole nitrogens is 2. The Labute approximate surface area is 355 Å². The zero-order valence-electron chi connectivity index (χ0n) is 35.8. The Morgan fingerprint density at radius 1 is 0.984 bits per heavy atom. The van der Waals surface area contributed by atoms with Crippen LogP contribution in [0.5, 0.6) is 5.75 Å². The number of benzene rings is 2. The number of fused-ring (bicyclic) bond motifs is 5. The average molecular weight is 834 g/mol. The summed E-state index contributed by atoms with van der Waals surface area (Å²) >= 11 is 0. The molecule has 3 atom stereocenters. The lowest BCUT2D eigenvalue weighted by Gasteiger charge is -2.30. The van der Waals surface area contributed by atoms with E-state index in [4.69, 9.17) is 24.2 Å². The molecule has 322 valence electrons. The van der Waals surface area contributed by atoms with Crippen LogP contribution in [0, 0.1) is 18.8 Å². The van der Waals surface area contributed by atoms with Crippen LogP contribution < -0.4 is 15.4 Å². The van der Waals surface area contributed by atoms with Gasteiger partial charge in [-0.05, 0) is 74.4 Å². The van der Waals surface area contributed by atoms with Crippen LogP contribution in [0.1, 0.15) is 70.2 Å². The van der Waals surface area contributed by atoms with E-state index in [1.165, 1.54) is 14.2 Å². The van der Waals surface area contributed by atoms with Gasteiger partial charge in [0.05, 0.1) is 55.6 Å². The molecule has 0 radical (unpaired) electrons. The summed E-state index contributed by atoms with van der Waals surface area (Å²) in [5.41, 5.74) is 7.19. The summed E-state index contributed by atoms with van der Waals surface area (Å²) in [6.07, 6.45) is 4.43. The largest absolute Gasteiger partial charge is 0.472 e. The van der Waals surface area contributed by atoms with Crippen LogP contribution in [0.3, 0.4) is 0 Å². The number of imidazole rings is 2. The van der Waals surface area contributed by atoms with Crippen molar-refractivity contribution in [2.24, 2.45) is 11.8 Å². The lowest BCUT2D eigenvalue weighted by Crippen LogP contribution is -2.51. The Kier molecular flexibility index (Phi) is 12.5. The van der Waals surface area contributed by atoms with Crippen LogP contribution in [0.25, 0.3) is 44.8 Å². The summed E-state index contributed by atoms with van der Waals surface area (Å²) in [5, 5.41) is 6.41. The molecule has 0 spiro atoms. The molecule has 61 heavy (non-hydrogen) atoms. The Balaban J connectivity index is 1.09. The maximum Gasteiger partial charge on any atom is 0.407 e. The predicted octanol–water partition coefficient (Wildman–Crippen LogP) is 7.08. The molecule has 4 N–H and O–H groups in total. The number of rotatable bonds is 14. The highest BCUT2D eigenvalue weighted by atomic mass is 16.5. The quantitative estimate of drug-likeness (QED) is 0.0848. The molecule has 4 amide bonds. The third kappa shape index (κ3) is 8.70. The van der Waals surface area contributed by atoms with Gasteiger partial charge in [0.1, 0.15) is 29.5 Å². The summed E-state index contributed by atoms with van der Waals surface area (Å²) in [5.74, 6) is 1.48. The van der Waals surface area contributed by atoms with E-state index in [9.17, 15) is 19.2 Å². The van der Waals surface area contributed by atoms with E-state index in [1.807, 2.05) is 52.8 Å². The van der Waals surface area contributed by atoms with Crippen LogP contribution in [0.4, 0.5) is 9.59 Å². The molecule has 0 saturated carbocycles. The second-order valence-corrected chi connectivity index (χ2v) is 16.3. The first-order valence-corrected chi connectivity index (χ1v) is 20.7. The highest BCUT2D eigenvalue weighted by molar-refractivity contribution is 5.92. The van der Waals surface area contributed by atoms with Gasteiger partial charge in [0.25, 0.3) is 0 Å². The molecular formula is C45H55N9O7. The van der Waals surface area contributed by atoms with Gasteiger partial charge in [-0.1, -0.05) is 39.8 Å². The summed E-state index contributed by atoms with van der Waals surface area (Å²) in [7, 11) is 2.56. The lowest BCUT2D eigenvalue weighted by molar-refractivity contribution is -0.136. The molecule has 1 fully saturated rings.